The maximum absolute atomic E-state index is 11.6. The highest BCUT2D eigenvalue weighted by Gasteiger charge is 2.32. The maximum Gasteiger partial charge on any atom is 0.325 e. The Hall–Kier alpha value is -0.650. The van der Waals surface area contributed by atoms with Crippen LogP contribution in [-0.4, -0.2) is 44.0 Å². The van der Waals surface area contributed by atoms with Crippen LogP contribution in [-0.2, 0) is 19.0 Å². The monoisotopic (exact) mass is 259 g/mol. The zero-order chi connectivity index (χ0) is 13.6. The number of carbonyl (C=O) groups excluding carboxylic acids is 1. The van der Waals surface area contributed by atoms with Crippen LogP contribution >= 0.6 is 0 Å². The molecule has 0 aromatic carbocycles. The Morgan fingerprint density at radius 3 is 2.89 bits per heavy atom. The van der Waals surface area contributed by atoms with Crippen LogP contribution in [0.4, 0.5) is 0 Å². The summed E-state index contributed by atoms with van der Waals surface area (Å²) in [4.78, 5) is 11.6. The van der Waals surface area contributed by atoms with Gasteiger partial charge in [-0.25, -0.2) is 0 Å². The van der Waals surface area contributed by atoms with Gasteiger partial charge in [0, 0.05) is 18.9 Å². The van der Waals surface area contributed by atoms with Crippen LogP contribution in [0, 0.1) is 5.92 Å². The Kier molecular flexibility index (Phi) is 6.05. The molecule has 0 aromatic heterocycles. The molecule has 0 saturated carbocycles. The number of hydrogen-bond acceptors (Lipinski definition) is 5. The second kappa shape index (κ2) is 7.07. The minimum atomic E-state index is -0.985. The predicted octanol–water partition coefficient (Wildman–Crippen LogP) is 1.10. The normalized spacial score (nSPS) is 24.6. The van der Waals surface area contributed by atoms with Gasteiger partial charge in [-0.1, -0.05) is 0 Å². The molecule has 106 valence electrons. The average molecular weight is 259 g/mol. The van der Waals surface area contributed by atoms with E-state index in [4.69, 9.17) is 19.9 Å². The van der Waals surface area contributed by atoms with Crippen molar-refractivity contribution in [1.82, 2.24) is 0 Å². The lowest BCUT2D eigenvalue weighted by Gasteiger charge is -2.26. The van der Waals surface area contributed by atoms with Crippen LogP contribution in [0.25, 0.3) is 0 Å². The van der Waals surface area contributed by atoms with Gasteiger partial charge >= 0.3 is 5.97 Å². The number of rotatable bonds is 7. The summed E-state index contributed by atoms with van der Waals surface area (Å²) in [7, 11) is 0. The van der Waals surface area contributed by atoms with Crippen LogP contribution < -0.4 is 5.73 Å². The van der Waals surface area contributed by atoms with Crippen molar-refractivity contribution in [2.45, 2.75) is 45.3 Å². The van der Waals surface area contributed by atoms with Crippen molar-refractivity contribution in [1.29, 1.82) is 0 Å². The molecule has 1 heterocycles. The van der Waals surface area contributed by atoms with Crippen molar-refractivity contribution in [3.05, 3.63) is 0 Å². The molecule has 3 atom stereocenters. The SMILES string of the molecule is CCOC(=O)C(C)(N)CC(C)OCC1CCOC1. The highest BCUT2D eigenvalue weighted by atomic mass is 16.5. The molecular formula is C13H25NO4. The van der Waals surface area contributed by atoms with Gasteiger partial charge in [0.25, 0.3) is 0 Å². The topological polar surface area (TPSA) is 70.8 Å². The molecule has 0 spiro atoms. The second-order valence-corrected chi connectivity index (χ2v) is 5.22. The summed E-state index contributed by atoms with van der Waals surface area (Å²) < 4.78 is 15.9. The van der Waals surface area contributed by atoms with Crippen LogP contribution in [0.15, 0.2) is 0 Å². The lowest BCUT2D eigenvalue weighted by Crippen LogP contribution is -2.48. The van der Waals surface area contributed by atoms with E-state index in [1.165, 1.54) is 0 Å². The Morgan fingerprint density at radius 2 is 2.33 bits per heavy atom. The fraction of sp³-hybridized carbons (Fsp3) is 0.923. The van der Waals surface area contributed by atoms with E-state index in [0.29, 0.717) is 25.6 Å². The quantitative estimate of drug-likeness (QED) is 0.693. The zero-order valence-corrected chi connectivity index (χ0v) is 11.6. The zero-order valence-electron chi connectivity index (χ0n) is 11.6. The Balaban J connectivity index is 2.28. The minimum Gasteiger partial charge on any atom is -0.465 e. The van der Waals surface area contributed by atoms with E-state index in [0.717, 1.165) is 19.6 Å². The first-order valence-electron chi connectivity index (χ1n) is 6.61. The third kappa shape index (κ3) is 4.92. The number of esters is 1. The lowest BCUT2D eigenvalue weighted by molar-refractivity contribution is -0.150. The third-order valence-corrected chi connectivity index (χ3v) is 3.09. The van der Waals surface area contributed by atoms with Gasteiger partial charge in [-0.2, -0.15) is 0 Å². The fourth-order valence-electron chi connectivity index (χ4n) is 2.05. The first-order chi connectivity index (χ1) is 8.45. The fourth-order valence-corrected chi connectivity index (χ4v) is 2.05. The summed E-state index contributed by atoms with van der Waals surface area (Å²) in [5.41, 5.74) is 4.97. The Bertz CT molecular complexity index is 262. The predicted molar refractivity (Wildman–Crippen MR) is 68.2 cm³/mol. The molecule has 0 aliphatic carbocycles. The molecule has 18 heavy (non-hydrogen) atoms. The molecule has 2 N–H and O–H groups in total. The first-order valence-corrected chi connectivity index (χ1v) is 6.61. The summed E-state index contributed by atoms with van der Waals surface area (Å²) in [6, 6.07) is 0. The van der Waals surface area contributed by atoms with Crippen LogP contribution in [0.3, 0.4) is 0 Å². The smallest absolute Gasteiger partial charge is 0.325 e. The van der Waals surface area contributed by atoms with Crippen molar-refractivity contribution in [2.75, 3.05) is 26.4 Å². The van der Waals surface area contributed by atoms with E-state index in [1.54, 1.807) is 13.8 Å². The van der Waals surface area contributed by atoms with Crippen molar-refractivity contribution < 1.29 is 19.0 Å². The molecule has 5 nitrogen and oxygen atoms in total. The van der Waals surface area contributed by atoms with E-state index in [1.807, 2.05) is 6.92 Å². The maximum atomic E-state index is 11.6. The van der Waals surface area contributed by atoms with Crippen molar-refractivity contribution in [3.8, 4) is 0 Å². The van der Waals surface area contributed by atoms with Gasteiger partial charge in [-0.05, 0) is 27.2 Å². The number of ether oxygens (including phenoxy) is 3. The minimum absolute atomic E-state index is 0.0648. The van der Waals surface area contributed by atoms with Gasteiger partial charge in [0.2, 0.25) is 0 Å². The molecule has 3 unspecified atom stereocenters. The molecule has 0 aromatic rings. The summed E-state index contributed by atoms with van der Waals surface area (Å²) in [5.74, 6) is 0.101. The molecule has 5 heteroatoms. The molecule has 1 rings (SSSR count). The van der Waals surface area contributed by atoms with E-state index >= 15 is 0 Å². The summed E-state index contributed by atoms with van der Waals surface area (Å²) in [5, 5.41) is 0. The van der Waals surface area contributed by atoms with Crippen molar-refractivity contribution in [2.24, 2.45) is 11.7 Å². The molecule has 0 radical (unpaired) electrons. The molecule has 1 aliphatic heterocycles. The van der Waals surface area contributed by atoms with Crippen LogP contribution in [0.5, 0.6) is 0 Å². The molecule has 1 fully saturated rings. The molecular weight excluding hydrogens is 234 g/mol. The number of nitrogens with two attached hydrogens (primary N) is 1. The number of carbonyl (C=O) groups is 1. The molecule has 1 aliphatic rings. The Labute approximate surface area is 109 Å². The van der Waals surface area contributed by atoms with Gasteiger partial charge < -0.3 is 19.9 Å². The standard InChI is InChI=1S/C13H25NO4/c1-4-17-12(15)13(3,14)7-10(2)18-9-11-5-6-16-8-11/h10-11H,4-9,14H2,1-3H3. The highest BCUT2D eigenvalue weighted by Crippen LogP contribution is 2.17. The van der Waals surface area contributed by atoms with Crippen molar-refractivity contribution in [3.63, 3.8) is 0 Å². The lowest BCUT2D eigenvalue weighted by atomic mass is 9.96. The van der Waals surface area contributed by atoms with E-state index < -0.39 is 5.54 Å². The van der Waals surface area contributed by atoms with Gasteiger partial charge in [0.05, 0.1) is 25.9 Å². The largest absolute Gasteiger partial charge is 0.465 e. The average Bonchev–Trinajstić information content (AvgIpc) is 2.79. The van der Waals surface area contributed by atoms with Crippen LogP contribution in [0.1, 0.15) is 33.6 Å². The van der Waals surface area contributed by atoms with Crippen molar-refractivity contribution >= 4 is 5.97 Å². The molecule has 0 amide bonds. The van der Waals surface area contributed by atoms with Gasteiger partial charge in [-0.3, -0.25) is 4.79 Å². The van der Waals surface area contributed by atoms with Gasteiger partial charge in [0.1, 0.15) is 5.54 Å². The summed E-state index contributed by atoms with van der Waals surface area (Å²) in [6.45, 7) is 7.99. The second-order valence-electron chi connectivity index (χ2n) is 5.22. The van der Waals surface area contributed by atoms with Gasteiger partial charge in [0.15, 0.2) is 0 Å². The molecule has 0 bridgehead atoms. The Morgan fingerprint density at radius 1 is 1.61 bits per heavy atom. The van der Waals surface area contributed by atoms with E-state index in [9.17, 15) is 4.79 Å². The molecule has 1 saturated heterocycles. The number of hydrogen-bond donors (Lipinski definition) is 1. The highest BCUT2D eigenvalue weighted by molar-refractivity contribution is 5.80. The first kappa shape index (κ1) is 15.4. The van der Waals surface area contributed by atoms with E-state index in [-0.39, 0.29) is 12.1 Å². The summed E-state index contributed by atoms with van der Waals surface area (Å²) >= 11 is 0. The van der Waals surface area contributed by atoms with Crippen LogP contribution in [0.2, 0.25) is 0 Å². The van der Waals surface area contributed by atoms with Gasteiger partial charge in [-0.15, -0.1) is 0 Å². The third-order valence-electron chi connectivity index (χ3n) is 3.09. The van der Waals surface area contributed by atoms with E-state index in [2.05, 4.69) is 0 Å². The summed E-state index contributed by atoms with van der Waals surface area (Å²) in [6.07, 6.45) is 1.44.